The highest BCUT2D eigenvalue weighted by Crippen LogP contribution is 2.16. The number of amides is 1. The minimum absolute atomic E-state index is 0.153. The number of likely N-dealkylation sites (N-methyl/N-ethyl adjacent to an activating group) is 1. The first-order valence-electron chi connectivity index (χ1n) is 4.00. The Bertz CT molecular complexity index is 146. The van der Waals surface area contributed by atoms with Crippen molar-refractivity contribution in [2.75, 3.05) is 20.3 Å². The number of carbonyl (C=O) groups excluding carboxylic acids is 1. The van der Waals surface area contributed by atoms with Crippen LogP contribution in [0.1, 0.15) is 20.3 Å². The van der Waals surface area contributed by atoms with E-state index in [0.717, 1.165) is 0 Å². The Labute approximate surface area is 72.8 Å². The number of carbonyl (C=O) groups is 1. The molecule has 4 nitrogen and oxygen atoms in total. The van der Waals surface area contributed by atoms with Crippen LogP contribution in [0.25, 0.3) is 0 Å². The topological polar surface area (TPSA) is 60.8 Å². The van der Waals surface area contributed by atoms with E-state index in [1.165, 1.54) is 11.8 Å². The first-order chi connectivity index (χ1) is 5.54. The lowest BCUT2D eigenvalue weighted by Crippen LogP contribution is -2.54. The number of nitrogens with zero attached hydrogens (tertiary/aromatic N) is 1. The van der Waals surface area contributed by atoms with Crippen molar-refractivity contribution in [1.29, 1.82) is 0 Å². The smallest absolute Gasteiger partial charge is 0.219 e. The maximum Gasteiger partial charge on any atom is 0.219 e. The number of aliphatic hydroxyl groups excluding tert-OH is 2. The number of hydrogen-bond acceptors (Lipinski definition) is 3. The summed E-state index contributed by atoms with van der Waals surface area (Å²) in [7, 11) is 1.58. The molecule has 0 spiro atoms. The summed E-state index contributed by atoms with van der Waals surface area (Å²) in [6.45, 7) is 2.81. The van der Waals surface area contributed by atoms with Crippen LogP contribution >= 0.6 is 0 Å². The van der Waals surface area contributed by atoms with Crippen LogP contribution < -0.4 is 0 Å². The van der Waals surface area contributed by atoms with Gasteiger partial charge >= 0.3 is 0 Å². The first-order valence-corrected chi connectivity index (χ1v) is 4.00. The molecule has 0 fully saturated rings. The van der Waals surface area contributed by atoms with Gasteiger partial charge in [-0.05, 0) is 6.42 Å². The molecule has 0 unspecified atom stereocenters. The lowest BCUT2D eigenvalue weighted by atomic mass is 9.96. The standard InChI is InChI=1S/C8H17NO3/c1-4-8(5-10,6-11)9(3)7(2)12/h10-11H,4-6H2,1-3H3. The van der Waals surface area contributed by atoms with Gasteiger partial charge in [-0.2, -0.15) is 0 Å². The van der Waals surface area contributed by atoms with Gasteiger partial charge in [0, 0.05) is 14.0 Å². The van der Waals surface area contributed by atoms with E-state index in [2.05, 4.69) is 0 Å². The Balaban J connectivity index is 4.58. The molecule has 0 aliphatic rings. The van der Waals surface area contributed by atoms with Crippen molar-refractivity contribution in [2.24, 2.45) is 0 Å². The molecule has 12 heavy (non-hydrogen) atoms. The van der Waals surface area contributed by atoms with Gasteiger partial charge in [-0.15, -0.1) is 0 Å². The summed E-state index contributed by atoms with van der Waals surface area (Å²) in [6.07, 6.45) is 0.538. The first kappa shape index (κ1) is 11.4. The van der Waals surface area contributed by atoms with Crippen LogP contribution in [0.15, 0.2) is 0 Å². The van der Waals surface area contributed by atoms with Gasteiger partial charge in [0.05, 0.1) is 18.8 Å². The quantitative estimate of drug-likeness (QED) is 0.611. The summed E-state index contributed by atoms with van der Waals surface area (Å²) in [5.74, 6) is -0.153. The van der Waals surface area contributed by atoms with Crippen molar-refractivity contribution in [1.82, 2.24) is 4.90 Å². The molecule has 0 aliphatic carbocycles. The average Bonchev–Trinajstić information content (AvgIpc) is 2.08. The Morgan fingerprint density at radius 3 is 1.92 bits per heavy atom. The predicted octanol–water partition coefficient (Wildman–Crippen LogP) is -0.402. The molecule has 0 saturated carbocycles. The van der Waals surface area contributed by atoms with E-state index < -0.39 is 5.54 Å². The number of aliphatic hydroxyl groups is 2. The van der Waals surface area contributed by atoms with Gasteiger partial charge in [-0.3, -0.25) is 4.79 Å². The molecule has 0 bridgehead atoms. The second kappa shape index (κ2) is 4.42. The molecule has 0 aromatic heterocycles. The maximum absolute atomic E-state index is 11.0. The molecule has 0 atom stereocenters. The van der Waals surface area contributed by atoms with E-state index >= 15 is 0 Å². The third-order valence-electron chi connectivity index (χ3n) is 2.43. The molecular weight excluding hydrogens is 158 g/mol. The molecule has 72 valence electrons. The van der Waals surface area contributed by atoms with Gasteiger partial charge in [0.2, 0.25) is 5.91 Å². The zero-order valence-electron chi connectivity index (χ0n) is 7.87. The zero-order chi connectivity index (χ0) is 9.78. The Morgan fingerprint density at radius 1 is 1.42 bits per heavy atom. The molecular formula is C8H17NO3. The molecule has 2 N–H and O–H groups in total. The molecule has 0 saturated heterocycles. The average molecular weight is 175 g/mol. The van der Waals surface area contributed by atoms with Gasteiger partial charge in [-0.1, -0.05) is 6.92 Å². The molecule has 1 amide bonds. The van der Waals surface area contributed by atoms with Crippen LogP contribution in [0.2, 0.25) is 0 Å². The van der Waals surface area contributed by atoms with E-state index in [1.54, 1.807) is 7.05 Å². The second-order valence-electron chi connectivity index (χ2n) is 2.97. The van der Waals surface area contributed by atoms with Crippen molar-refractivity contribution in [2.45, 2.75) is 25.8 Å². The fraction of sp³-hybridized carbons (Fsp3) is 0.875. The molecule has 0 radical (unpaired) electrons. The fourth-order valence-electron chi connectivity index (χ4n) is 1.06. The minimum atomic E-state index is -0.800. The maximum atomic E-state index is 11.0. The highest BCUT2D eigenvalue weighted by Gasteiger charge is 2.32. The normalized spacial score (nSPS) is 11.4. The van der Waals surface area contributed by atoms with Gasteiger partial charge in [0.1, 0.15) is 0 Å². The molecule has 4 heteroatoms. The number of rotatable bonds is 4. The summed E-state index contributed by atoms with van der Waals surface area (Å²) in [5.41, 5.74) is -0.800. The summed E-state index contributed by atoms with van der Waals surface area (Å²) in [4.78, 5) is 12.4. The lowest BCUT2D eigenvalue weighted by Gasteiger charge is -2.37. The summed E-state index contributed by atoms with van der Waals surface area (Å²) in [5, 5.41) is 18.1. The highest BCUT2D eigenvalue weighted by atomic mass is 16.3. The van der Waals surface area contributed by atoms with Crippen LogP contribution in [0, 0.1) is 0 Å². The molecule has 0 heterocycles. The van der Waals surface area contributed by atoms with Gasteiger partial charge < -0.3 is 15.1 Å². The summed E-state index contributed by atoms with van der Waals surface area (Å²) in [6, 6.07) is 0. The van der Waals surface area contributed by atoms with Crippen LogP contribution in [0.4, 0.5) is 0 Å². The Kier molecular flexibility index (Phi) is 4.20. The van der Waals surface area contributed by atoms with Crippen LogP contribution in [0.3, 0.4) is 0 Å². The van der Waals surface area contributed by atoms with Crippen LogP contribution in [-0.2, 0) is 4.79 Å². The van der Waals surface area contributed by atoms with Gasteiger partial charge in [-0.25, -0.2) is 0 Å². The van der Waals surface area contributed by atoms with Crippen LogP contribution in [-0.4, -0.2) is 46.8 Å². The summed E-state index contributed by atoms with van der Waals surface area (Å²) >= 11 is 0. The predicted molar refractivity (Wildman–Crippen MR) is 45.6 cm³/mol. The molecule has 0 aliphatic heterocycles. The third kappa shape index (κ3) is 1.95. The Hall–Kier alpha value is -0.610. The van der Waals surface area contributed by atoms with E-state index in [0.29, 0.717) is 6.42 Å². The Morgan fingerprint density at radius 2 is 1.83 bits per heavy atom. The largest absolute Gasteiger partial charge is 0.394 e. The van der Waals surface area contributed by atoms with Crippen molar-refractivity contribution >= 4 is 5.91 Å². The monoisotopic (exact) mass is 175 g/mol. The zero-order valence-corrected chi connectivity index (χ0v) is 7.87. The minimum Gasteiger partial charge on any atom is -0.394 e. The molecule has 0 aromatic carbocycles. The number of hydrogen-bond donors (Lipinski definition) is 2. The SMILES string of the molecule is CCC(CO)(CO)N(C)C(C)=O. The fourth-order valence-corrected chi connectivity index (χ4v) is 1.06. The van der Waals surface area contributed by atoms with E-state index in [9.17, 15) is 4.79 Å². The lowest BCUT2D eigenvalue weighted by molar-refractivity contribution is -0.137. The molecule has 0 rings (SSSR count). The van der Waals surface area contributed by atoms with Crippen molar-refractivity contribution < 1.29 is 15.0 Å². The van der Waals surface area contributed by atoms with Gasteiger partial charge in [0.15, 0.2) is 0 Å². The summed E-state index contributed by atoms with van der Waals surface area (Å²) < 4.78 is 0. The molecule has 0 aromatic rings. The van der Waals surface area contributed by atoms with Crippen LogP contribution in [0.5, 0.6) is 0 Å². The second-order valence-corrected chi connectivity index (χ2v) is 2.97. The van der Waals surface area contributed by atoms with Crippen molar-refractivity contribution in [3.8, 4) is 0 Å². The van der Waals surface area contributed by atoms with Crippen molar-refractivity contribution in [3.05, 3.63) is 0 Å². The third-order valence-corrected chi connectivity index (χ3v) is 2.43. The highest BCUT2D eigenvalue weighted by molar-refractivity contribution is 5.73. The van der Waals surface area contributed by atoms with Gasteiger partial charge in [0.25, 0.3) is 0 Å². The van der Waals surface area contributed by atoms with E-state index in [-0.39, 0.29) is 19.1 Å². The van der Waals surface area contributed by atoms with E-state index in [1.807, 2.05) is 6.92 Å². The van der Waals surface area contributed by atoms with E-state index in [4.69, 9.17) is 10.2 Å². The van der Waals surface area contributed by atoms with Crippen molar-refractivity contribution in [3.63, 3.8) is 0 Å².